The van der Waals surface area contributed by atoms with Gasteiger partial charge in [-0.1, -0.05) is 12.1 Å². The van der Waals surface area contributed by atoms with Crippen molar-refractivity contribution < 1.29 is 4.79 Å². The molecule has 1 rings (SSSR count). The third-order valence-electron chi connectivity index (χ3n) is 2.15. The van der Waals surface area contributed by atoms with Gasteiger partial charge in [-0.15, -0.1) is 0 Å². The normalized spacial score (nSPS) is 10.1. The van der Waals surface area contributed by atoms with Crippen molar-refractivity contribution in [3.8, 4) is 0 Å². The van der Waals surface area contributed by atoms with Gasteiger partial charge < -0.3 is 10.6 Å². The molecule has 16 heavy (non-hydrogen) atoms. The van der Waals surface area contributed by atoms with Gasteiger partial charge >= 0.3 is 0 Å². The molecule has 0 radical (unpaired) electrons. The summed E-state index contributed by atoms with van der Waals surface area (Å²) in [5.74, 6) is 0.109. The van der Waals surface area contributed by atoms with Crippen LogP contribution in [0.3, 0.4) is 0 Å². The van der Waals surface area contributed by atoms with Crippen molar-refractivity contribution in [3.63, 3.8) is 0 Å². The van der Waals surface area contributed by atoms with Crippen LogP contribution in [0.25, 0.3) is 0 Å². The van der Waals surface area contributed by atoms with Crippen LogP contribution in [0.2, 0.25) is 0 Å². The third kappa shape index (κ3) is 5.46. The monoisotopic (exact) mass is 332 g/mol. The van der Waals surface area contributed by atoms with Crippen LogP contribution in [-0.2, 0) is 11.3 Å². The molecular formula is C12H17IN2O. The van der Waals surface area contributed by atoms with Gasteiger partial charge in [0.15, 0.2) is 0 Å². The minimum atomic E-state index is 0.109. The second-order valence-corrected chi connectivity index (χ2v) is 4.75. The number of hydrogen-bond donors (Lipinski definition) is 2. The number of amides is 1. The second-order valence-electron chi connectivity index (χ2n) is 3.51. The highest BCUT2D eigenvalue weighted by Gasteiger charge is 1.98. The molecular weight excluding hydrogens is 315 g/mol. The predicted molar refractivity (Wildman–Crippen MR) is 74.2 cm³/mol. The Morgan fingerprint density at radius 2 is 2.00 bits per heavy atom. The Morgan fingerprint density at radius 3 is 2.62 bits per heavy atom. The molecule has 3 nitrogen and oxygen atoms in total. The van der Waals surface area contributed by atoms with Crippen molar-refractivity contribution >= 4 is 28.5 Å². The van der Waals surface area contributed by atoms with E-state index in [-0.39, 0.29) is 5.91 Å². The number of nitrogens with one attached hydrogen (secondary N) is 2. The molecule has 4 heteroatoms. The molecule has 0 spiro atoms. The molecule has 0 saturated heterocycles. The van der Waals surface area contributed by atoms with Crippen LogP contribution < -0.4 is 10.6 Å². The smallest absolute Gasteiger partial charge is 0.221 e. The Kier molecular flexibility index (Phi) is 6.40. The first kappa shape index (κ1) is 13.4. The fraction of sp³-hybridized carbons (Fsp3) is 0.417. The molecule has 0 heterocycles. The fourth-order valence-corrected chi connectivity index (χ4v) is 1.68. The Hall–Kier alpha value is -0.620. The predicted octanol–water partition coefficient (Wildman–Crippen LogP) is 1.91. The number of hydrogen-bond acceptors (Lipinski definition) is 2. The Balaban J connectivity index is 2.16. The highest BCUT2D eigenvalue weighted by atomic mass is 127. The van der Waals surface area contributed by atoms with Gasteiger partial charge in [0, 0.05) is 29.6 Å². The van der Waals surface area contributed by atoms with Gasteiger partial charge in [-0.25, -0.2) is 0 Å². The average Bonchev–Trinajstić information content (AvgIpc) is 2.27. The van der Waals surface area contributed by atoms with Crippen LogP contribution in [0, 0.1) is 3.57 Å². The largest absolute Gasteiger partial charge is 0.356 e. The maximum atomic E-state index is 11.1. The van der Waals surface area contributed by atoms with Crippen LogP contribution in [0.4, 0.5) is 0 Å². The molecule has 0 unspecified atom stereocenters. The summed E-state index contributed by atoms with van der Waals surface area (Å²) in [4.78, 5) is 11.1. The van der Waals surface area contributed by atoms with Crippen LogP contribution in [0.5, 0.6) is 0 Å². The topological polar surface area (TPSA) is 41.1 Å². The molecule has 0 saturated carbocycles. The summed E-state index contributed by atoms with van der Waals surface area (Å²) >= 11 is 2.29. The molecule has 0 bridgehead atoms. The zero-order chi connectivity index (χ0) is 11.8. The van der Waals surface area contributed by atoms with Gasteiger partial charge in [-0.2, -0.15) is 0 Å². The van der Waals surface area contributed by atoms with E-state index in [0.717, 1.165) is 13.1 Å². The summed E-state index contributed by atoms with van der Waals surface area (Å²) in [6.07, 6.45) is 0.540. The number of benzene rings is 1. The lowest BCUT2D eigenvalue weighted by molar-refractivity contribution is -0.120. The first-order valence-corrected chi connectivity index (χ1v) is 6.52. The van der Waals surface area contributed by atoms with E-state index >= 15 is 0 Å². The first-order chi connectivity index (χ1) is 7.72. The van der Waals surface area contributed by atoms with Gasteiger partial charge in [-0.3, -0.25) is 4.79 Å². The number of rotatable bonds is 6. The summed E-state index contributed by atoms with van der Waals surface area (Å²) in [6.45, 7) is 4.17. The highest BCUT2D eigenvalue weighted by Crippen LogP contribution is 2.06. The lowest BCUT2D eigenvalue weighted by Gasteiger charge is -2.05. The van der Waals surface area contributed by atoms with E-state index < -0.39 is 0 Å². The zero-order valence-corrected chi connectivity index (χ0v) is 11.6. The van der Waals surface area contributed by atoms with E-state index in [0.29, 0.717) is 13.0 Å². The maximum Gasteiger partial charge on any atom is 0.221 e. The quantitative estimate of drug-likeness (QED) is 0.617. The minimum Gasteiger partial charge on any atom is -0.356 e. The lowest BCUT2D eigenvalue weighted by Crippen LogP contribution is -2.27. The van der Waals surface area contributed by atoms with Crippen LogP contribution in [0.1, 0.15) is 18.9 Å². The lowest BCUT2D eigenvalue weighted by atomic mass is 10.2. The van der Waals surface area contributed by atoms with Gasteiger partial charge in [0.05, 0.1) is 0 Å². The maximum absolute atomic E-state index is 11.1. The fourth-order valence-electron chi connectivity index (χ4n) is 1.32. The average molecular weight is 332 g/mol. The highest BCUT2D eigenvalue weighted by molar-refractivity contribution is 14.1. The second kappa shape index (κ2) is 7.62. The van der Waals surface area contributed by atoms with Crippen molar-refractivity contribution in [3.05, 3.63) is 33.4 Å². The van der Waals surface area contributed by atoms with E-state index in [2.05, 4.69) is 57.5 Å². The molecule has 88 valence electrons. The molecule has 0 aliphatic carbocycles. The Bertz CT molecular complexity index is 324. The standard InChI is InChI=1S/C12H17IN2O/c1-2-15-12(16)7-8-14-9-10-3-5-11(13)6-4-10/h3-6,14H,2,7-9H2,1H3,(H,15,16). The van der Waals surface area contributed by atoms with Crippen molar-refractivity contribution in [2.24, 2.45) is 0 Å². The summed E-state index contributed by atoms with van der Waals surface area (Å²) in [5, 5.41) is 6.02. The van der Waals surface area contributed by atoms with Crippen molar-refractivity contribution in [1.29, 1.82) is 0 Å². The summed E-state index contributed by atoms with van der Waals surface area (Å²) in [5.41, 5.74) is 1.25. The molecule has 1 aromatic carbocycles. The van der Waals surface area contributed by atoms with Crippen molar-refractivity contribution in [1.82, 2.24) is 10.6 Å². The van der Waals surface area contributed by atoms with Gasteiger partial charge in [0.2, 0.25) is 5.91 Å². The Morgan fingerprint density at radius 1 is 1.31 bits per heavy atom. The SMILES string of the molecule is CCNC(=O)CCNCc1ccc(I)cc1. The van der Waals surface area contributed by atoms with Crippen LogP contribution >= 0.6 is 22.6 Å². The molecule has 2 N–H and O–H groups in total. The van der Waals surface area contributed by atoms with E-state index in [1.165, 1.54) is 9.13 Å². The summed E-state index contributed by atoms with van der Waals surface area (Å²) < 4.78 is 1.24. The van der Waals surface area contributed by atoms with Crippen LogP contribution in [0.15, 0.2) is 24.3 Å². The van der Waals surface area contributed by atoms with Gasteiger partial charge in [0.1, 0.15) is 0 Å². The number of carbonyl (C=O) groups is 1. The number of halogens is 1. The molecule has 0 aromatic heterocycles. The zero-order valence-electron chi connectivity index (χ0n) is 9.42. The van der Waals surface area contributed by atoms with Gasteiger partial charge in [0.25, 0.3) is 0 Å². The summed E-state index contributed by atoms with van der Waals surface area (Å²) in [6, 6.07) is 8.37. The Labute approximate surface area is 110 Å². The first-order valence-electron chi connectivity index (χ1n) is 5.44. The van der Waals surface area contributed by atoms with Crippen molar-refractivity contribution in [2.45, 2.75) is 19.9 Å². The van der Waals surface area contributed by atoms with E-state index in [1.807, 2.05) is 6.92 Å². The third-order valence-corrected chi connectivity index (χ3v) is 2.86. The van der Waals surface area contributed by atoms with E-state index in [4.69, 9.17) is 0 Å². The molecule has 1 amide bonds. The van der Waals surface area contributed by atoms with Crippen molar-refractivity contribution in [2.75, 3.05) is 13.1 Å². The molecule has 1 aromatic rings. The minimum absolute atomic E-state index is 0.109. The van der Waals surface area contributed by atoms with E-state index in [1.54, 1.807) is 0 Å². The van der Waals surface area contributed by atoms with Gasteiger partial charge in [-0.05, 0) is 47.2 Å². The molecule has 0 fully saturated rings. The van der Waals surface area contributed by atoms with E-state index in [9.17, 15) is 4.79 Å². The molecule has 0 aliphatic rings. The molecule has 0 aliphatic heterocycles. The summed E-state index contributed by atoms with van der Waals surface area (Å²) in [7, 11) is 0. The van der Waals surface area contributed by atoms with Crippen LogP contribution in [-0.4, -0.2) is 19.0 Å². The molecule has 0 atom stereocenters. The number of carbonyl (C=O) groups excluding carboxylic acids is 1.